The van der Waals surface area contributed by atoms with Crippen molar-refractivity contribution in [3.05, 3.63) is 23.5 Å². The van der Waals surface area contributed by atoms with Gasteiger partial charge in [-0.2, -0.15) is 0 Å². The fourth-order valence-corrected chi connectivity index (χ4v) is 1.65. The second-order valence-corrected chi connectivity index (χ2v) is 3.76. The summed E-state index contributed by atoms with van der Waals surface area (Å²) in [6.45, 7) is 6.54. The van der Waals surface area contributed by atoms with E-state index in [9.17, 15) is 0 Å². The van der Waals surface area contributed by atoms with Gasteiger partial charge >= 0.3 is 0 Å². The maximum Gasteiger partial charge on any atom is 0.0359 e. The Morgan fingerprint density at radius 1 is 1.21 bits per heavy atom. The van der Waals surface area contributed by atoms with Gasteiger partial charge < -0.3 is 9.88 Å². The zero-order valence-corrected chi connectivity index (χ0v) is 9.64. The van der Waals surface area contributed by atoms with E-state index in [0.717, 1.165) is 19.5 Å². The van der Waals surface area contributed by atoms with Crippen molar-refractivity contribution in [3.8, 4) is 0 Å². The molecule has 0 bridgehead atoms. The number of nitrogens with one attached hydrogen (secondary N) is 1. The van der Waals surface area contributed by atoms with Gasteiger partial charge in [0.05, 0.1) is 0 Å². The lowest BCUT2D eigenvalue weighted by molar-refractivity contribution is 0.615. The van der Waals surface area contributed by atoms with Crippen LogP contribution < -0.4 is 5.32 Å². The van der Waals surface area contributed by atoms with E-state index < -0.39 is 0 Å². The Morgan fingerprint density at radius 3 is 2.50 bits per heavy atom. The van der Waals surface area contributed by atoms with Gasteiger partial charge in [-0.15, -0.1) is 0 Å². The largest absolute Gasteiger partial charge is 0.350 e. The average molecular weight is 194 g/mol. The van der Waals surface area contributed by atoms with Crippen molar-refractivity contribution >= 4 is 0 Å². The lowest BCUT2D eigenvalue weighted by Gasteiger charge is -2.07. The number of hydrogen-bond acceptors (Lipinski definition) is 1. The van der Waals surface area contributed by atoms with Crippen LogP contribution in [0.1, 0.15) is 38.1 Å². The molecular weight excluding hydrogens is 172 g/mol. The first kappa shape index (κ1) is 11.3. The second kappa shape index (κ2) is 5.86. The fraction of sp³-hybridized carbons (Fsp3) is 0.667. The van der Waals surface area contributed by atoms with Crippen LogP contribution in [0.4, 0.5) is 0 Å². The summed E-state index contributed by atoms with van der Waals surface area (Å²) in [5.74, 6) is 0. The van der Waals surface area contributed by atoms with Crippen molar-refractivity contribution in [2.45, 2.75) is 39.7 Å². The van der Waals surface area contributed by atoms with Gasteiger partial charge in [0.15, 0.2) is 0 Å². The summed E-state index contributed by atoms with van der Waals surface area (Å²) in [6.07, 6.45) is 3.65. The Bertz CT molecular complexity index is 263. The highest BCUT2D eigenvalue weighted by molar-refractivity contribution is 5.15. The molecule has 0 aromatic carbocycles. The third-order valence-corrected chi connectivity index (χ3v) is 2.71. The van der Waals surface area contributed by atoms with E-state index in [4.69, 9.17) is 0 Å². The minimum Gasteiger partial charge on any atom is -0.350 e. The summed E-state index contributed by atoms with van der Waals surface area (Å²) < 4.78 is 2.29. The summed E-state index contributed by atoms with van der Waals surface area (Å²) in [5, 5.41) is 3.46. The third-order valence-electron chi connectivity index (χ3n) is 2.71. The predicted octanol–water partition coefficient (Wildman–Crippen LogP) is 2.48. The number of nitrogens with zero attached hydrogens (tertiary/aromatic N) is 1. The lowest BCUT2D eigenvalue weighted by Crippen LogP contribution is -2.16. The van der Waals surface area contributed by atoms with Gasteiger partial charge in [0.2, 0.25) is 0 Å². The van der Waals surface area contributed by atoms with Gasteiger partial charge in [0.1, 0.15) is 0 Å². The molecule has 0 spiro atoms. The van der Waals surface area contributed by atoms with Crippen LogP contribution in [0.2, 0.25) is 0 Å². The zero-order chi connectivity index (χ0) is 10.4. The average Bonchev–Trinajstić information content (AvgIpc) is 2.55. The van der Waals surface area contributed by atoms with E-state index >= 15 is 0 Å². The Labute approximate surface area is 87.3 Å². The van der Waals surface area contributed by atoms with E-state index in [2.05, 4.69) is 42.9 Å². The van der Waals surface area contributed by atoms with Gasteiger partial charge in [0, 0.05) is 25.0 Å². The Morgan fingerprint density at radius 2 is 1.93 bits per heavy atom. The minimum atomic E-state index is 0.997. The number of aryl methyl sites for hydroxylation is 1. The molecule has 14 heavy (non-hydrogen) atoms. The monoisotopic (exact) mass is 194 g/mol. The molecule has 1 rings (SSSR count). The molecule has 1 aromatic heterocycles. The molecule has 2 nitrogen and oxygen atoms in total. The van der Waals surface area contributed by atoms with Crippen LogP contribution in [0.25, 0.3) is 0 Å². The standard InChI is InChI=1S/C12H22N2/c1-4-6-9-13-10-12-8-7-11(5-2)14(12)3/h7-8,13H,4-6,9-10H2,1-3H3. The molecule has 0 radical (unpaired) electrons. The van der Waals surface area contributed by atoms with Gasteiger partial charge in [-0.05, 0) is 31.5 Å². The molecule has 1 N–H and O–H groups in total. The van der Waals surface area contributed by atoms with Crippen LogP contribution in [-0.2, 0) is 20.0 Å². The number of unbranched alkanes of at least 4 members (excludes halogenated alkanes) is 1. The molecule has 0 saturated heterocycles. The maximum absolute atomic E-state index is 3.46. The summed E-state index contributed by atoms with van der Waals surface area (Å²) >= 11 is 0. The highest BCUT2D eigenvalue weighted by atomic mass is 15.0. The van der Waals surface area contributed by atoms with Crippen LogP contribution in [0.5, 0.6) is 0 Å². The molecule has 80 valence electrons. The molecule has 0 fully saturated rings. The SMILES string of the molecule is CCCCNCc1ccc(CC)n1C. The predicted molar refractivity (Wildman–Crippen MR) is 61.4 cm³/mol. The highest BCUT2D eigenvalue weighted by Gasteiger charge is 2.01. The molecule has 2 heteroatoms. The Balaban J connectivity index is 2.39. The Kier molecular flexibility index (Phi) is 4.74. The fourth-order valence-electron chi connectivity index (χ4n) is 1.65. The number of aromatic nitrogens is 1. The molecule has 0 aliphatic carbocycles. The topological polar surface area (TPSA) is 17.0 Å². The van der Waals surface area contributed by atoms with Crippen molar-refractivity contribution < 1.29 is 0 Å². The van der Waals surface area contributed by atoms with E-state index in [0.29, 0.717) is 0 Å². The lowest BCUT2D eigenvalue weighted by atomic mass is 10.3. The van der Waals surface area contributed by atoms with Gasteiger partial charge in [-0.1, -0.05) is 20.3 Å². The molecule has 0 aliphatic rings. The molecule has 1 aromatic rings. The van der Waals surface area contributed by atoms with Gasteiger partial charge in [0.25, 0.3) is 0 Å². The minimum absolute atomic E-state index is 0.997. The van der Waals surface area contributed by atoms with Crippen LogP contribution in [-0.4, -0.2) is 11.1 Å². The van der Waals surface area contributed by atoms with E-state index in [1.54, 1.807) is 0 Å². The molecular formula is C12H22N2. The summed E-state index contributed by atoms with van der Waals surface area (Å²) in [5.41, 5.74) is 2.80. The molecule has 0 atom stereocenters. The molecule has 0 saturated carbocycles. The van der Waals surface area contributed by atoms with Gasteiger partial charge in [-0.3, -0.25) is 0 Å². The van der Waals surface area contributed by atoms with Crippen molar-refractivity contribution in [3.63, 3.8) is 0 Å². The molecule has 0 aliphatic heterocycles. The molecule has 1 heterocycles. The number of rotatable bonds is 6. The normalized spacial score (nSPS) is 10.8. The first-order chi connectivity index (χ1) is 6.79. The van der Waals surface area contributed by atoms with E-state index in [1.807, 2.05) is 0 Å². The van der Waals surface area contributed by atoms with Crippen molar-refractivity contribution in [1.82, 2.24) is 9.88 Å². The Hall–Kier alpha value is -0.760. The first-order valence-electron chi connectivity index (χ1n) is 5.63. The molecule has 0 amide bonds. The summed E-state index contributed by atoms with van der Waals surface area (Å²) in [7, 11) is 2.15. The van der Waals surface area contributed by atoms with Crippen LogP contribution in [0.15, 0.2) is 12.1 Å². The summed E-state index contributed by atoms with van der Waals surface area (Å²) in [4.78, 5) is 0. The number of hydrogen-bond donors (Lipinski definition) is 1. The van der Waals surface area contributed by atoms with Crippen LogP contribution >= 0.6 is 0 Å². The van der Waals surface area contributed by atoms with Crippen LogP contribution in [0.3, 0.4) is 0 Å². The third kappa shape index (κ3) is 2.88. The molecule has 0 unspecified atom stereocenters. The summed E-state index contributed by atoms with van der Waals surface area (Å²) in [6, 6.07) is 4.44. The smallest absolute Gasteiger partial charge is 0.0359 e. The maximum atomic E-state index is 3.46. The van der Waals surface area contributed by atoms with Crippen molar-refractivity contribution in [2.75, 3.05) is 6.54 Å². The van der Waals surface area contributed by atoms with Crippen LogP contribution in [0, 0.1) is 0 Å². The van der Waals surface area contributed by atoms with Crippen molar-refractivity contribution in [1.29, 1.82) is 0 Å². The van der Waals surface area contributed by atoms with E-state index in [1.165, 1.54) is 24.2 Å². The highest BCUT2D eigenvalue weighted by Crippen LogP contribution is 2.07. The van der Waals surface area contributed by atoms with Crippen molar-refractivity contribution in [2.24, 2.45) is 7.05 Å². The van der Waals surface area contributed by atoms with E-state index in [-0.39, 0.29) is 0 Å². The zero-order valence-electron chi connectivity index (χ0n) is 9.64. The second-order valence-electron chi connectivity index (χ2n) is 3.76. The first-order valence-corrected chi connectivity index (χ1v) is 5.63. The quantitative estimate of drug-likeness (QED) is 0.688. The van der Waals surface area contributed by atoms with Gasteiger partial charge in [-0.25, -0.2) is 0 Å².